The number of hydrogen-bond donors (Lipinski definition) is 3. The van der Waals surface area contributed by atoms with E-state index in [1.54, 1.807) is 24.4 Å². The quantitative estimate of drug-likeness (QED) is 0.769. The fourth-order valence-corrected chi connectivity index (χ4v) is 1.95. The Kier molecular flexibility index (Phi) is 3.76. The van der Waals surface area contributed by atoms with Crippen molar-refractivity contribution in [2.24, 2.45) is 0 Å². The van der Waals surface area contributed by atoms with Crippen LogP contribution in [0.25, 0.3) is 10.9 Å². The molecule has 2 aromatic rings. The van der Waals surface area contributed by atoms with E-state index in [-0.39, 0.29) is 6.61 Å². The molecule has 0 aliphatic rings. The number of rotatable bonds is 5. The molecule has 0 aliphatic heterocycles. The van der Waals surface area contributed by atoms with Crippen LogP contribution < -0.4 is 5.32 Å². The summed E-state index contributed by atoms with van der Waals surface area (Å²) < 4.78 is 4.86. The first-order valence-corrected chi connectivity index (χ1v) is 6.08. The molecule has 106 valence electrons. The molecule has 1 aromatic heterocycles. The lowest BCUT2D eigenvalue weighted by Crippen LogP contribution is -2.55. The van der Waals surface area contributed by atoms with Crippen LogP contribution in [0.15, 0.2) is 30.5 Å². The lowest BCUT2D eigenvalue weighted by atomic mass is 10.0. The number of carboxylic acids is 1. The van der Waals surface area contributed by atoms with E-state index in [0.29, 0.717) is 5.56 Å². The fraction of sp³-hybridized carbons (Fsp3) is 0.286. The van der Waals surface area contributed by atoms with E-state index >= 15 is 0 Å². The third kappa shape index (κ3) is 2.65. The summed E-state index contributed by atoms with van der Waals surface area (Å²) in [4.78, 5) is 26.4. The highest BCUT2D eigenvalue weighted by molar-refractivity contribution is 6.00. The normalized spacial score (nSPS) is 13.9. The number of aromatic amines is 1. The van der Waals surface area contributed by atoms with Gasteiger partial charge in [-0.15, -0.1) is 0 Å². The minimum Gasteiger partial charge on any atom is -0.479 e. The highest BCUT2D eigenvalue weighted by Crippen LogP contribution is 2.15. The van der Waals surface area contributed by atoms with Gasteiger partial charge in [0.2, 0.25) is 0 Å². The van der Waals surface area contributed by atoms with Gasteiger partial charge in [0.25, 0.3) is 5.91 Å². The van der Waals surface area contributed by atoms with E-state index in [4.69, 9.17) is 4.74 Å². The number of carbonyl (C=O) groups excluding carboxylic acids is 1. The van der Waals surface area contributed by atoms with Gasteiger partial charge in [0.05, 0.1) is 6.61 Å². The molecule has 20 heavy (non-hydrogen) atoms. The molecule has 6 heteroatoms. The van der Waals surface area contributed by atoms with Crippen LogP contribution in [-0.2, 0) is 9.53 Å². The van der Waals surface area contributed by atoms with Crippen LogP contribution in [0.3, 0.4) is 0 Å². The second kappa shape index (κ2) is 5.34. The second-order valence-electron chi connectivity index (χ2n) is 4.80. The molecular formula is C14H16N2O4. The van der Waals surface area contributed by atoms with Crippen LogP contribution in [0, 0.1) is 0 Å². The molecule has 0 saturated carbocycles. The van der Waals surface area contributed by atoms with Crippen molar-refractivity contribution in [3.8, 4) is 0 Å². The zero-order chi connectivity index (χ0) is 14.8. The Morgan fingerprint density at radius 3 is 2.80 bits per heavy atom. The van der Waals surface area contributed by atoms with E-state index in [0.717, 1.165) is 10.9 Å². The molecule has 0 fully saturated rings. The van der Waals surface area contributed by atoms with Crippen molar-refractivity contribution in [2.75, 3.05) is 13.7 Å². The fourth-order valence-electron chi connectivity index (χ4n) is 1.95. The van der Waals surface area contributed by atoms with Gasteiger partial charge >= 0.3 is 5.97 Å². The molecule has 0 spiro atoms. The standard InChI is InChI=1S/C14H16N2O4/c1-14(8-20-2,13(18)19)16-12(17)10-4-3-9-5-6-15-11(9)7-10/h3-7,15H,8H2,1-2H3,(H,16,17)(H,18,19). The van der Waals surface area contributed by atoms with Crippen LogP contribution in [0.1, 0.15) is 17.3 Å². The van der Waals surface area contributed by atoms with Crippen molar-refractivity contribution in [1.29, 1.82) is 0 Å². The minimum atomic E-state index is -1.46. The number of carboxylic acid groups (broad SMARTS) is 1. The van der Waals surface area contributed by atoms with Crippen LogP contribution in [-0.4, -0.2) is 41.2 Å². The number of methoxy groups -OCH3 is 1. The highest BCUT2D eigenvalue weighted by atomic mass is 16.5. The summed E-state index contributed by atoms with van der Waals surface area (Å²) in [7, 11) is 1.39. The molecular weight excluding hydrogens is 260 g/mol. The second-order valence-corrected chi connectivity index (χ2v) is 4.80. The summed E-state index contributed by atoms with van der Waals surface area (Å²) in [6.07, 6.45) is 1.78. The van der Waals surface area contributed by atoms with Gasteiger partial charge in [-0.25, -0.2) is 4.79 Å². The molecule has 2 rings (SSSR count). The summed E-state index contributed by atoms with van der Waals surface area (Å²) >= 11 is 0. The molecule has 3 N–H and O–H groups in total. The topological polar surface area (TPSA) is 91.4 Å². The Morgan fingerprint density at radius 2 is 2.15 bits per heavy atom. The van der Waals surface area contributed by atoms with E-state index in [2.05, 4.69) is 10.3 Å². The first kappa shape index (κ1) is 14.1. The van der Waals surface area contributed by atoms with Crippen molar-refractivity contribution >= 4 is 22.8 Å². The van der Waals surface area contributed by atoms with Crippen molar-refractivity contribution in [2.45, 2.75) is 12.5 Å². The molecule has 1 unspecified atom stereocenters. The minimum absolute atomic E-state index is 0.112. The number of nitrogens with one attached hydrogen (secondary N) is 2. The van der Waals surface area contributed by atoms with Crippen molar-refractivity contribution in [1.82, 2.24) is 10.3 Å². The van der Waals surface area contributed by atoms with E-state index in [9.17, 15) is 14.7 Å². The zero-order valence-corrected chi connectivity index (χ0v) is 11.3. The average Bonchev–Trinajstić information content (AvgIpc) is 2.85. The number of hydrogen-bond acceptors (Lipinski definition) is 3. The number of amides is 1. The number of ether oxygens (including phenoxy) is 1. The maximum Gasteiger partial charge on any atom is 0.331 e. The third-order valence-electron chi connectivity index (χ3n) is 3.11. The first-order chi connectivity index (χ1) is 9.46. The van der Waals surface area contributed by atoms with Crippen LogP contribution in [0.2, 0.25) is 0 Å². The third-order valence-corrected chi connectivity index (χ3v) is 3.11. The summed E-state index contributed by atoms with van der Waals surface area (Å²) in [6, 6.07) is 7.03. The van der Waals surface area contributed by atoms with Crippen molar-refractivity contribution in [3.05, 3.63) is 36.0 Å². The number of fused-ring (bicyclic) bond motifs is 1. The van der Waals surface area contributed by atoms with Gasteiger partial charge in [-0.2, -0.15) is 0 Å². The largest absolute Gasteiger partial charge is 0.479 e. The number of carbonyl (C=O) groups is 2. The molecule has 0 saturated heterocycles. The predicted molar refractivity (Wildman–Crippen MR) is 73.7 cm³/mol. The van der Waals surface area contributed by atoms with E-state index < -0.39 is 17.4 Å². The summed E-state index contributed by atoms with van der Waals surface area (Å²) in [5.41, 5.74) is -0.249. The van der Waals surface area contributed by atoms with E-state index in [1.165, 1.54) is 14.0 Å². The van der Waals surface area contributed by atoms with Crippen LogP contribution in [0.4, 0.5) is 0 Å². The first-order valence-electron chi connectivity index (χ1n) is 6.08. The van der Waals surface area contributed by atoms with Gasteiger partial charge in [-0.1, -0.05) is 6.07 Å². The van der Waals surface area contributed by atoms with Crippen molar-refractivity contribution < 1.29 is 19.4 Å². The summed E-state index contributed by atoms with van der Waals surface area (Å²) in [5, 5.41) is 12.7. The molecule has 0 aliphatic carbocycles. The maximum atomic E-state index is 12.2. The molecule has 1 aromatic carbocycles. The average molecular weight is 276 g/mol. The molecule has 0 bridgehead atoms. The Bertz CT molecular complexity index is 649. The van der Waals surface area contributed by atoms with Gasteiger partial charge < -0.3 is 20.1 Å². The number of aliphatic carboxylic acids is 1. The van der Waals surface area contributed by atoms with Gasteiger partial charge in [-0.05, 0) is 30.5 Å². The number of H-pyrrole nitrogens is 1. The molecule has 1 heterocycles. The SMILES string of the molecule is COCC(C)(NC(=O)c1ccc2cc[nH]c2c1)C(=O)O. The molecule has 1 atom stereocenters. The summed E-state index contributed by atoms with van der Waals surface area (Å²) in [5.74, 6) is -1.60. The van der Waals surface area contributed by atoms with Gasteiger partial charge in [-0.3, -0.25) is 4.79 Å². The molecule has 6 nitrogen and oxygen atoms in total. The highest BCUT2D eigenvalue weighted by Gasteiger charge is 2.35. The van der Waals surface area contributed by atoms with Gasteiger partial charge in [0, 0.05) is 24.4 Å². The lowest BCUT2D eigenvalue weighted by molar-refractivity contribution is -0.145. The Morgan fingerprint density at radius 1 is 1.40 bits per heavy atom. The van der Waals surface area contributed by atoms with Crippen molar-refractivity contribution in [3.63, 3.8) is 0 Å². The predicted octanol–water partition coefficient (Wildman–Crippen LogP) is 1.39. The number of aromatic nitrogens is 1. The molecule has 0 radical (unpaired) electrons. The Balaban J connectivity index is 2.23. The van der Waals surface area contributed by atoms with E-state index in [1.807, 2.05) is 6.07 Å². The maximum absolute atomic E-state index is 12.2. The lowest BCUT2D eigenvalue weighted by Gasteiger charge is -2.25. The van der Waals surface area contributed by atoms with Gasteiger partial charge in [0.15, 0.2) is 5.54 Å². The van der Waals surface area contributed by atoms with Crippen LogP contribution in [0.5, 0.6) is 0 Å². The van der Waals surface area contributed by atoms with Crippen LogP contribution >= 0.6 is 0 Å². The molecule has 1 amide bonds. The monoisotopic (exact) mass is 276 g/mol. The zero-order valence-electron chi connectivity index (χ0n) is 11.3. The summed E-state index contributed by atoms with van der Waals surface area (Å²) in [6.45, 7) is 1.29. The Hall–Kier alpha value is -2.34. The smallest absolute Gasteiger partial charge is 0.331 e. The van der Waals surface area contributed by atoms with Gasteiger partial charge in [0.1, 0.15) is 0 Å². The Labute approximate surface area is 115 Å². The number of benzene rings is 1.